The van der Waals surface area contributed by atoms with Gasteiger partial charge >= 0.3 is 0 Å². The number of benzene rings is 1. The predicted molar refractivity (Wildman–Crippen MR) is 98.3 cm³/mol. The monoisotopic (exact) mass is 386 g/mol. The van der Waals surface area contributed by atoms with Crippen LogP contribution in [0.15, 0.2) is 72.2 Å². The topological polar surface area (TPSA) is 127 Å². The molecule has 1 aromatic rings. The molecule has 0 spiro atoms. The van der Waals surface area contributed by atoms with Crippen LogP contribution in [0, 0.1) is 0 Å². The molecular formula is C20H18O8. The summed E-state index contributed by atoms with van der Waals surface area (Å²) in [6.45, 7) is 0. The number of ketones is 4. The largest absolute Gasteiger partial charge is 0.508 e. The lowest BCUT2D eigenvalue weighted by molar-refractivity contribution is -0.116. The van der Waals surface area contributed by atoms with E-state index in [4.69, 9.17) is 10.2 Å². The number of ether oxygens (including phenoxy) is 2. The Kier molecular flexibility index (Phi) is 8.62. The number of phenolic OH excluding ortho intramolecular Hbond substituents is 2. The van der Waals surface area contributed by atoms with Crippen LogP contribution in [-0.4, -0.2) is 47.6 Å². The van der Waals surface area contributed by atoms with Crippen LogP contribution in [0.5, 0.6) is 11.5 Å². The highest BCUT2D eigenvalue weighted by Gasteiger charge is 2.12. The van der Waals surface area contributed by atoms with E-state index in [9.17, 15) is 19.2 Å². The summed E-state index contributed by atoms with van der Waals surface area (Å²) < 4.78 is 9.23. The molecular weight excluding hydrogens is 368 g/mol. The maximum Gasteiger partial charge on any atom is 0.220 e. The zero-order valence-corrected chi connectivity index (χ0v) is 15.1. The fraction of sp³-hybridized carbons (Fsp3) is 0.100. The Bertz CT molecular complexity index is 797. The van der Waals surface area contributed by atoms with Gasteiger partial charge in [0.1, 0.15) is 11.5 Å². The van der Waals surface area contributed by atoms with Crippen molar-refractivity contribution in [1.82, 2.24) is 0 Å². The molecule has 2 aliphatic rings. The maximum absolute atomic E-state index is 10.7. The van der Waals surface area contributed by atoms with Gasteiger partial charge in [0, 0.05) is 12.2 Å². The number of aromatic hydroxyl groups is 2. The molecule has 0 radical (unpaired) electrons. The summed E-state index contributed by atoms with van der Waals surface area (Å²) in [7, 11) is 2.71. The molecule has 0 aliphatic heterocycles. The smallest absolute Gasteiger partial charge is 0.220 e. The van der Waals surface area contributed by atoms with Gasteiger partial charge in [0.05, 0.1) is 14.2 Å². The van der Waals surface area contributed by atoms with E-state index in [0.29, 0.717) is 0 Å². The molecule has 28 heavy (non-hydrogen) atoms. The average Bonchev–Trinajstić information content (AvgIpc) is 2.69. The number of allylic oxidation sites excluding steroid dienone is 6. The van der Waals surface area contributed by atoms with Gasteiger partial charge in [-0.05, 0) is 48.6 Å². The van der Waals surface area contributed by atoms with Crippen molar-refractivity contribution in [2.45, 2.75) is 0 Å². The first-order chi connectivity index (χ1) is 13.3. The van der Waals surface area contributed by atoms with Gasteiger partial charge in [0.25, 0.3) is 0 Å². The number of hydrogen-bond acceptors (Lipinski definition) is 8. The van der Waals surface area contributed by atoms with E-state index in [1.807, 2.05) is 0 Å². The van der Waals surface area contributed by atoms with E-state index in [1.54, 1.807) is 0 Å². The fourth-order valence-electron chi connectivity index (χ4n) is 1.75. The molecule has 3 rings (SSSR count). The van der Waals surface area contributed by atoms with Gasteiger partial charge in [-0.1, -0.05) is 0 Å². The molecule has 1 aromatic carbocycles. The van der Waals surface area contributed by atoms with Crippen LogP contribution >= 0.6 is 0 Å². The van der Waals surface area contributed by atoms with Crippen LogP contribution < -0.4 is 0 Å². The van der Waals surface area contributed by atoms with Crippen LogP contribution in [0.25, 0.3) is 0 Å². The standard InChI is InChI=1S/2C7H6O3.C6H6O2/c2*1-10-7-4-5(8)2-3-6(7)9;7-5-1-2-6(8)4-3-5/h2*2-4H,1H3;1-4,7-8H. The van der Waals surface area contributed by atoms with Gasteiger partial charge in [-0.15, -0.1) is 0 Å². The van der Waals surface area contributed by atoms with Crippen LogP contribution in [0.4, 0.5) is 0 Å². The summed E-state index contributed by atoms with van der Waals surface area (Å²) in [5.74, 6) is -0.400. The number of methoxy groups -OCH3 is 2. The molecule has 0 heterocycles. The van der Waals surface area contributed by atoms with E-state index < -0.39 is 0 Å². The van der Waals surface area contributed by atoms with Gasteiger partial charge in [0.15, 0.2) is 23.1 Å². The van der Waals surface area contributed by atoms with Crippen LogP contribution in [-0.2, 0) is 28.7 Å². The molecule has 0 amide bonds. The third-order valence-electron chi connectivity index (χ3n) is 3.12. The van der Waals surface area contributed by atoms with Crippen molar-refractivity contribution in [1.29, 1.82) is 0 Å². The SMILES string of the molecule is COC1=CC(=O)C=CC1=O.COC1=CC(=O)C=CC1=O.Oc1ccc(O)cc1. The normalized spacial score (nSPS) is 14.8. The van der Waals surface area contributed by atoms with E-state index in [1.165, 1.54) is 74.9 Å². The van der Waals surface area contributed by atoms with Crippen molar-refractivity contribution >= 4 is 23.1 Å². The van der Waals surface area contributed by atoms with Crippen molar-refractivity contribution in [3.05, 3.63) is 72.2 Å². The van der Waals surface area contributed by atoms with Crippen LogP contribution in [0.1, 0.15) is 0 Å². The fourth-order valence-corrected chi connectivity index (χ4v) is 1.75. The van der Waals surface area contributed by atoms with Crippen molar-refractivity contribution in [2.24, 2.45) is 0 Å². The Morgan fingerprint density at radius 2 is 0.929 bits per heavy atom. The summed E-state index contributed by atoms with van der Waals surface area (Å²) in [4.78, 5) is 42.6. The number of rotatable bonds is 2. The first kappa shape index (κ1) is 22.1. The molecule has 2 aliphatic carbocycles. The van der Waals surface area contributed by atoms with Crippen LogP contribution in [0.2, 0.25) is 0 Å². The molecule has 146 valence electrons. The second-order valence-electron chi connectivity index (χ2n) is 5.14. The van der Waals surface area contributed by atoms with Crippen molar-refractivity contribution in [3.63, 3.8) is 0 Å². The summed E-state index contributed by atoms with van der Waals surface area (Å²) in [5, 5.41) is 17.3. The minimum absolute atomic E-state index is 0.104. The molecule has 2 N–H and O–H groups in total. The molecule has 8 nitrogen and oxygen atoms in total. The van der Waals surface area contributed by atoms with Gasteiger partial charge in [-0.3, -0.25) is 19.2 Å². The number of carbonyl (C=O) groups is 4. The van der Waals surface area contributed by atoms with Gasteiger partial charge in [-0.25, -0.2) is 0 Å². The third kappa shape index (κ3) is 7.52. The lowest BCUT2D eigenvalue weighted by atomic mass is 10.1. The Morgan fingerprint density at radius 3 is 1.18 bits per heavy atom. The van der Waals surface area contributed by atoms with E-state index in [2.05, 4.69) is 9.47 Å². The zero-order valence-electron chi connectivity index (χ0n) is 15.1. The van der Waals surface area contributed by atoms with Crippen molar-refractivity contribution in [2.75, 3.05) is 14.2 Å². The van der Waals surface area contributed by atoms with Gasteiger partial charge in [0.2, 0.25) is 11.6 Å². The highest BCUT2D eigenvalue weighted by Crippen LogP contribution is 2.13. The van der Waals surface area contributed by atoms with E-state index in [0.717, 1.165) is 0 Å². The van der Waals surface area contributed by atoms with Crippen LogP contribution in [0.3, 0.4) is 0 Å². The molecule has 0 atom stereocenters. The number of carbonyl (C=O) groups excluding carboxylic acids is 4. The maximum atomic E-state index is 10.7. The average molecular weight is 386 g/mol. The Morgan fingerprint density at radius 1 is 0.607 bits per heavy atom. The summed E-state index contributed by atoms with van der Waals surface area (Å²) in [6, 6.07) is 5.70. The molecule has 0 aromatic heterocycles. The van der Waals surface area contributed by atoms with Crippen molar-refractivity contribution in [3.8, 4) is 11.5 Å². The summed E-state index contributed by atoms with van der Waals surface area (Å²) in [6.07, 6.45) is 7.16. The first-order valence-electron chi connectivity index (χ1n) is 7.79. The minimum Gasteiger partial charge on any atom is -0.508 e. The first-order valence-corrected chi connectivity index (χ1v) is 7.79. The summed E-state index contributed by atoms with van der Waals surface area (Å²) in [5.41, 5.74) is 0. The molecule has 0 unspecified atom stereocenters. The lowest BCUT2D eigenvalue weighted by Gasteiger charge is -2.02. The molecule has 0 fully saturated rings. The zero-order chi connectivity index (χ0) is 21.1. The highest BCUT2D eigenvalue weighted by atomic mass is 16.5. The Labute approximate surface area is 160 Å². The number of hydrogen-bond donors (Lipinski definition) is 2. The minimum atomic E-state index is -0.262. The van der Waals surface area contributed by atoms with E-state index in [-0.39, 0.29) is 46.2 Å². The highest BCUT2D eigenvalue weighted by molar-refractivity contribution is 6.16. The second kappa shape index (κ2) is 10.9. The number of phenols is 2. The summed E-state index contributed by atoms with van der Waals surface area (Å²) >= 11 is 0. The Hall–Kier alpha value is -3.94. The Balaban J connectivity index is 0.000000212. The molecule has 0 saturated heterocycles. The third-order valence-corrected chi connectivity index (χ3v) is 3.12. The molecule has 8 heteroatoms. The predicted octanol–water partition coefficient (Wildman–Crippen LogP) is 1.55. The van der Waals surface area contributed by atoms with Gasteiger partial charge in [-0.2, -0.15) is 0 Å². The lowest BCUT2D eigenvalue weighted by Crippen LogP contribution is -2.08. The molecule has 0 saturated carbocycles. The van der Waals surface area contributed by atoms with Crippen molar-refractivity contribution < 1.29 is 38.9 Å². The quantitative estimate of drug-likeness (QED) is 0.579. The van der Waals surface area contributed by atoms with E-state index >= 15 is 0 Å². The van der Waals surface area contributed by atoms with Gasteiger partial charge < -0.3 is 19.7 Å². The molecule has 0 bridgehead atoms. The second-order valence-corrected chi connectivity index (χ2v) is 5.14.